The molecular weight excluding hydrogens is 264 g/mol. The molecule has 1 N–H and O–H groups in total. The Balaban J connectivity index is 1.63. The molecule has 0 spiro atoms. The minimum Gasteiger partial charge on any atom is -0.316 e. The Bertz CT molecular complexity index is 514. The van der Waals surface area contributed by atoms with Crippen LogP contribution in [0, 0.1) is 0 Å². The van der Waals surface area contributed by atoms with Crippen molar-refractivity contribution in [2.45, 2.75) is 38.5 Å². The largest absolute Gasteiger partial charge is 0.316 e. The monoisotopic (exact) mass is 286 g/mol. The van der Waals surface area contributed by atoms with Crippen molar-refractivity contribution < 1.29 is 0 Å². The van der Waals surface area contributed by atoms with Crippen LogP contribution in [-0.2, 0) is 19.6 Å². The maximum Gasteiger partial charge on any atom is 0.0248 e. The van der Waals surface area contributed by atoms with Gasteiger partial charge < -0.3 is 5.32 Å². The molecule has 0 unspecified atom stereocenters. The van der Waals surface area contributed by atoms with E-state index in [-0.39, 0.29) is 0 Å². The number of thiophene rings is 1. The summed E-state index contributed by atoms with van der Waals surface area (Å²) in [5.41, 5.74) is 4.23. The van der Waals surface area contributed by atoms with Crippen molar-refractivity contribution >= 4 is 11.3 Å². The molecule has 20 heavy (non-hydrogen) atoms. The van der Waals surface area contributed by atoms with Crippen molar-refractivity contribution in [3.8, 4) is 0 Å². The standard InChI is InChI=1S/C17H22N2S/c1-18-10-14-2-4-15(5-3-14)11-19(17-6-7-17)12-16-8-9-20-13-16/h2-5,8-9,13,17-18H,6-7,10-12H2,1H3. The van der Waals surface area contributed by atoms with Gasteiger partial charge in [-0.3, -0.25) is 4.90 Å². The lowest BCUT2D eigenvalue weighted by Crippen LogP contribution is -2.24. The second-order valence-electron chi connectivity index (χ2n) is 5.61. The zero-order chi connectivity index (χ0) is 13.8. The summed E-state index contributed by atoms with van der Waals surface area (Å²) in [5, 5.41) is 7.64. The van der Waals surface area contributed by atoms with Crippen LogP contribution in [-0.4, -0.2) is 18.0 Å². The van der Waals surface area contributed by atoms with Crippen LogP contribution in [0.5, 0.6) is 0 Å². The Hall–Kier alpha value is -1.16. The molecule has 0 saturated heterocycles. The molecule has 3 rings (SSSR count). The molecule has 1 aliphatic carbocycles. The van der Waals surface area contributed by atoms with Crippen LogP contribution in [0.2, 0.25) is 0 Å². The lowest BCUT2D eigenvalue weighted by atomic mass is 10.1. The van der Waals surface area contributed by atoms with Crippen LogP contribution < -0.4 is 5.32 Å². The van der Waals surface area contributed by atoms with Gasteiger partial charge in [0.25, 0.3) is 0 Å². The molecule has 1 saturated carbocycles. The first-order valence-electron chi connectivity index (χ1n) is 7.32. The van der Waals surface area contributed by atoms with Gasteiger partial charge in [-0.15, -0.1) is 0 Å². The van der Waals surface area contributed by atoms with Crippen molar-refractivity contribution in [3.05, 3.63) is 57.8 Å². The first kappa shape index (κ1) is 13.8. The molecule has 0 bridgehead atoms. The first-order valence-corrected chi connectivity index (χ1v) is 8.27. The van der Waals surface area contributed by atoms with E-state index in [1.165, 1.54) is 29.5 Å². The smallest absolute Gasteiger partial charge is 0.0248 e. The average molecular weight is 286 g/mol. The topological polar surface area (TPSA) is 15.3 Å². The van der Waals surface area contributed by atoms with E-state index in [1.54, 1.807) is 11.3 Å². The van der Waals surface area contributed by atoms with Gasteiger partial charge in [0.15, 0.2) is 0 Å². The van der Waals surface area contributed by atoms with Gasteiger partial charge in [-0.2, -0.15) is 11.3 Å². The zero-order valence-electron chi connectivity index (χ0n) is 12.0. The third-order valence-corrected chi connectivity index (χ3v) is 4.55. The number of nitrogens with zero attached hydrogens (tertiary/aromatic N) is 1. The highest BCUT2D eigenvalue weighted by atomic mass is 32.1. The van der Waals surface area contributed by atoms with E-state index in [1.807, 2.05) is 7.05 Å². The fourth-order valence-electron chi connectivity index (χ4n) is 2.57. The molecule has 1 fully saturated rings. The Morgan fingerprint density at radius 1 is 1.05 bits per heavy atom. The Morgan fingerprint density at radius 2 is 1.75 bits per heavy atom. The molecule has 3 heteroatoms. The highest BCUT2D eigenvalue weighted by Gasteiger charge is 2.28. The SMILES string of the molecule is CNCc1ccc(CN(Cc2ccsc2)C2CC2)cc1. The van der Waals surface area contributed by atoms with E-state index in [0.29, 0.717) is 0 Å². The normalized spacial score (nSPS) is 14.9. The minimum atomic E-state index is 0.798. The lowest BCUT2D eigenvalue weighted by Gasteiger charge is -2.21. The Labute approximate surface area is 125 Å². The number of hydrogen-bond donors (Lipinski definition) is 1. The summed E-state index contributed by atoms with van der Waals surface area (Å²) in [5.74, 6) is 0. The van der Waals surface area contributed by atoms with Gasteiger partial charge in [-0.25, -0.2) is 0 Å². The number of nitrogens with one attached hydrogen (secondary N) is 1. The highest BCUT2D eigenvalue weighted by Crippen LogP contribution is 2.30. The fraction of sp³-hybridized carbons (Fsp3) is 0.412. The quantitative estimate of drug-likeness (QED) is 0.836. The molecule has 0 aliphatic heterocycles. The molecule has 0 amide bonds. The number of rotatable bonds is 7. The van der Waals surface area contributed by atoms with Crippen LogP contribution in [0.25, 0.3) is 0 Å². The second kappa shape index (κ2) is 6.53. The summed E-state index contributed by atoms with van der Waals surface area (Å²) in [4.78, 5) is 2.62. The third kappa shape index (κ3) is 3.69. The molecule has 0 atom stereocenters. The zero-order valence-corrected chi connectivity index (χ0v) is 12.8. The van der Waals surface area contributed by atoms with Crippen molar-refractivity contribution in [2.75, 3.05) is 7.05 Å². The first-order chi connectivity index (χ1) is 9.85. The lowest BCUT2D eigenvalue weighted by molar-refractivity contribution is 0.246. The van der Waals surface area contributed by atoms with E-state index in [9.17, 15) is 0 Å². The number of hydrogen-bond acceptors (Lipinski definition) is 3. The molecule has 1 aromatic heterocycles. The van der Waals surface area contributed by atoms with Crippen molar-refractivity contribution in [2.24, 2.45) is 0 Å². The molecule has 0 radical (unpaired) electrons. The maximum atomic E-state index is 3.19. The third-order valence-electron chi connectivity index (χ3n) is 3.82. The van der Waals surface area contributed by atoms with Crippen molar-refractivity contribution in [1.29, 1.82) is 0 Å². The molecule has 106 valence electrons. The average Bonchev–Trinajstić information content (AvgIpc) is 3.19. The van der Waals surface area contributed by atoms with Crippen LogP contribution in [0.15, 0.2) is 41.1 Å². The predicted molar refractivity (Wildman–Crippen MR) is 85.8 cm³/mol. The molecule has 2 nitrogen and oxygen atoms in total. The fourth-order valence-corrected chi connectivity index (χ4v) is 3.23. The van der Waals surface area contributed by atoms with Crippen LogP contribution in [0.1, 0.15) is 29.5 Å². The van der Waals surface area contributed by atoms with E-state index < -0.39 is 0 Å². The summed E-state index contributed by atoms with van der Waals surface area (Å²) in [6.45, 7) is 3.11. The van der Waals surface area contributed by atoms with Crippen molar-refractivity contribution in [1.82, 2.24) is 10.2 Å². The summed E-state index contributed by atoms with van der Waals surface area (Å²) < 4.78 is 0. The van der Waals surface area contributed by atoms with Gasteiger partial charge in [0, 0.05) is 25.7 Å². The Morgan fingerprint density at radius 3 is 2.35 bits per heavy atom. The van der Waals surface area contributed by atoms with Gasteiger partial charge in [-0.1, -0.05) is 24.3 Å². The van der Waals surface area contributed by atoms with Crippen molar-refractivity contribution in [3.63, 3.8) is 0 Å². The van der Waals surface area contributed by atoms with Gasteiger partial charge in [0.05, 0.1) is 0 Å². The summed E-state index contributed by atoms with van der Waals surface area (Å²) in [6, 6.07) is 12.1. The molecule has 2 aromatic rings. The van der Waals surface area contributed by atoms with E-state index in [0.717, 1.165) is 25.7 Å². The predicted octanol–water partition coefficient (Wildman–Crippen LogP) is 3.63. The second-order valence-corrected chi connectivity index (χ2v) is 6.39. The van der Waals surface area contributed by atoms with Crippen LogP contribution in [0.3, 0.4) is 0 Å². The maximum absolute atomic E-state index is 3.19. The van der Waals surface area contributed by atoms with Gasteiger partial charge in [0.2, 0.25) is 0 Å². The highest BCUT2D eigenvalue weighted by molar-refractivity contribution is 7.07. The van der Waals surface area contributed by atoms with Gasteiger partial charge in [-0.05, 0) is 53.4 Å². The molecule has 1 aliphatic rings. The van der Waals surface area contributed by atoms with Gasteiger partial charge >= 0.3 is 0 Å². The van der Waals surface area contributed by atoms with Crippen LogP contribution in [0.4, 0.5) is 0 Å². The summed E-state index contributed by atoms with van der Waals surface area (Å²) in [6.07, 6.45) is 2.73. The van der Waals surface area contributed by atoms with E-state index >= 15 is 0 Å². The van der Waals surface area contributed by atoms with Gasteiger partial charge in [0.1, 0.15) is 0 Å². The minimum absolute atomic E-state index is 0.798. The Kier molecular flexibility index (Phi) is 4.51. The van der Waals surface area contributed by atoms with E-state index in [4.69, 9.17) is 0 Å². The number of benzene rings is 1. The molecule has 1 heterocycles. The molecule has 1 aromatic carbocycles. The van der Waals surface area contributed by atoms with Crippen LogP contribution >= 0.6 is 11.3 Å². The van der Waals surface area contributed by atoms with E-state index in [2.05, 4.69) is 51.3 Å². The molecular formula is C17H22N2S. The summed E-state index contributed by atoms with van der Waals surface area (Å²) >= 11 is 1.79. The summed E-state index contributed by atoms with van der Waals surface area (Å²) in [7, 11) is 1.99.